The zero-order valence-corrected chi connectivity index (χ0v) is 17.3. The molecule has 0 bridgehead atoms. The van der Waals surface area contributed by atoms with E-state index in [0.717, 1.165) is 31.6 Å². The van der Waals surface area contributed by atoms with Gasteiger partial charge in [-0.3, -0.25) is 4.90 Å². The van der Waals surface area contributed by atoms with Gasteiger partial charge in [-0.05, 0) is 41.8 Å². The van der Waals surface area contributed by atoms with Crippen LogP contribution in [0.1, 0.15) is 29.3 Å². The average molecular weight is 392 g/mol. The van der Waals surface area contributed by atoms with Crippen molar-refractivity contribution >= 4 is 0 Å². The summed E-state index contributed by atoms with van der Waals surface area (Å²) in [4.78, 5) is 2.54. The number of rotatable bonds is 6. The van der Waals surface area contributed by atoms with E-state index in [1.165, 1.54) is 11.3 Å². The summed E-state index contributed by atoms with van der Waals surface area (Å²) < 4.78 is 19.2. The van der Waals surface area contributed by atoms with Gasteiger partial charge in [0.2, 0.25) is 5.75 Å². The number of aryl methyl sites for hydroxylation is 1. The molecule has 0 saturated carbocycles. The van der Waals surface area contributed by atoms with Gasteiger partial charge in [-0.2, -0.15) is 0 Å². The largest absolute Gasteiger partial charge is 0.493 e. The van der Waals surface area contributed by atoms with Crippen LogP contribution in [-0.4, -0.2) is 37.3 Å². The lowest BCUT2D eigenvalue weighted by Crippen LogP contribution is -2.29. The van der Waals surface area contributed by atoms with Crippen molar-refractivity contribution in [1.82, 2.24) is 9.47 Å². The van der Waals surface area contributed by atoms with Crippen LogP contribution in [0.5, 0.6) is 17.2 Å². The molecule has 3 aromatic rings. The highest BCUT2D eigenvalue weighted by Crippen LogP contribution is 2.43. The zero-order chi connectivity index (χ0) is 20.2. The van der Waals surface area contributed by atoms with Crippen LogP contribution >= 0.6 is 0 Å². The minimum absolute atomic E-state index is 0.0985. The van der Waals surface area contributed by atoms with Crippen molar-refractivity contribution in [2.24, 2.45) is 0 Å². The van der Waals surface area contributed by atoms with E-state index in [4.69, 9.17) is 14.2 Å². The van der Waals surface area contributed by atoms with Crippen molar-refractivity contribution in [1.29, 1.82) is 0 Å². The first-order chi connectivity index (χ1) is 14.2. The van der Waals surface area contributed by atoms with Crippen molar-refractivity contribution in [2.45, 2.75) is 25.6 Å². The van der Waals surface area contributed by atoms with Gasteiger partial charge in [0.25, 0.3) is 0 Å². The number of hydrogen-bond acceptors (Lipinski definition) is 4. The lowest BCUT2D eigenvalue weighted by atomic mass is 9.99. The highest BCUT2D eigenvalue weighted by atomic mass is 16.5. The molecular weight excluding hydrogens is 364 g/mol. The summed E-state index contributed by atoms with van der Waals surface area (Å²) in [6.07, 6.45) is 3.28. The molecule has 0 spiro atoms. The molecule has 5 nitrogen and oxygen atoms in total. The molecular formula is C24H28N2O3. The van der Waals surface area contributed by atoms with Crippen LogP contribution in [0.4, 0.5) is 0 Å². The minimum Gasteiger partial charge on any atom is -0.493 e. The fourth-order valence-corrected chi connectivity index (χ4v) is 4.27. The fourth-order valence-electron chi connectivity index (χ4n) is 4.27. The van der Waals surface area contributed by atoms with E-state index in [9.17, 15) is 0 Å². The van der Waals surface area contributed by atoms with Gasteiger partial charge in [0, 0.05) is 31.5 Å². The Kier molecular flexibility index (Phi) is 5.76. The summed E-state index contributed by atoms with van der Waals surface area (Å²) in [5.74, 6) is 1.99. The van der Waals surface area contributed by atoms with Crippen molar-refractivity contribution in [3.8, 4) is 17.2 Å². The maximum Gasteiger partial charge on any atom is 0.203 e. The Hall–Kier alpha value is -2.92. The summed E-state index contributed by atoms with van der Waals surface area (Å²) in [5.41, 5.74) is 3.73. The number of methoxy groups -OCH3 is 3. The standard InChI is InChI=1S/C24H28N2O3/c1-27-21-15-19(16-22(28-2)24(21)29-3)23-20-11-7-12-25(20)13-8-14-26(23)17-18-9-5-4-6-10-18/h4-7,9-12,15-16,23H,8,13-14,17H2,1-3H3/t23-/m1/s1. The van der Waals surface area contributed by atoms with Gasteiger partial charge in [-0.25, -0.2) is 0 Å². The smallest absolute Gasteiger partial charge is 0.203 e. The predicted molar refractivity (Wildman–Crippen MR) is 114 cm³/mol. The third kappa shape index (κ3) is 3.83. The first-order valence-corrected chi connectivity index (χ1v) is 9.98. The molecule has 1 atom stereocenters. The van der Waals surface area contributed by atoms with Crippen LogP contribution < -0.4 is 14.2 Å². The van der Waals surface area contributed by atoms with E-state index in [-0.39, 0.29) is 6.04 Å². The molecule has 0 N–H and O–H groups in total. The van der Waals surface area contributed by atoms with Crippen molar-refractivity contribution in [3.05, 3.63) is 77.6 Å². The molecule has 2 aromatic carbocycles. The van der Waals surface area contributed by atoms with Crippen molar-refractivity contribution in [2.75, 3.05) is 27.9 Å². The van der Waals surface area contributed by atoms with E-state index in [2.05, 4.69) is 70.3 Å². The number of hydrogen-bond donors (Lipinski definition) is 0. The molecule has 1 aliphatic rings. The minimum atomic E-state index is 0.0985. The molecule has 4 rings (SSSR count). The summed E-state index contributed by atoms with van der Waals surface area (Å²) >= 11 is 0. The lowest BCUT2D eigenvalue weighted by Gasteiger charge is -2.31. The quantitative estimate of drug-likeness (QED) is 0.618. The second kappa shape index (κ2) is 8.62. The molecule has 0 fully saturated rings. The highest BCUT2D eigenvalue weighted by Gasteiger charge is 2.29. The summed E-state index contributed by atoms with van der Waals surface area (Å²) in [5, 5.41) is 0. The molecule has 0 saturated heterocycles. The number of aromatic nitrogens is 1. The maximum absolute atomic E-state index is 5.63. The van der Waals surface area contributed by atoms with E-state index >= 15 is 0 Å². The van der Waals surface area contributed by atoms with Crippen molar-refractivity contribution < 1.29 is 14.2 Å². The molecule has 0 aliphatic carbocycles. The normalized spacial score (nSPS) is 16.7. The second-order valence-electron chi connectivity index (χ2n) is 7.30. The lowest BCUT2D eigenvalue weighted by molar-refractivity contribution is 0.219. The van der Waals surface area contributed by atoms with Crippen molar-refractivity contribution in [3.63, 3.8) is 0 Å². The van der Waals surface area contributed by atoms with E-state index in [0.29, 0.717) is 17.2 Å². The van der Waals surface area contributed by atoms with Crippen LogP contribution in [0, 0.1) is 0 Å². The summed E-state index contributed by atoms with van der Waals surface area (Å²) in [6, 6.07) is 19.2. The zero-order valence-electron chi connectivity index (χ0n) is 17.3. The summed E-state index contributed by atoms with van der Waals surface area (Å²) in [7, 11) is 4.97. The van der Waals surface area contributed by atoms with Gasteiger partial charge in [0.15, 0.2) is 11.5 Å². The molecule has 1 aromatic heterocycles. The molecule has 29 heavy (non-hydrogen) atoms. The van der Waals surface area contributed by atoms with Crippen LogP contribution in [0.25, 0.3) is 0 Å². The summed E-state index contributed by atoms with van der Waals surface area (Å²) in [6.45, 7) is 2.92. The van der Waals surface area contributed by atoms with Gasteiger partial charge in [-0.15, -0.1) is 0 Å². The SMILES string of the molecule is COc1cc([C@@H]2c3cccn3CCCN2Cc2ccccc2)cc(OC)c1OC. The van der Waals surface area contributed by atoms with Crippen LogP contribution in [-0.2, 0) is 13.1 Å². The first-order valence-electron chi connectivity index (χ1n) is 9.98. The molecule has 152 valence electrons. The van der Waals surface area contributed by atoms with Crippen LogP contribution in [0.2, 0.25) is 0 Å². The van der Waals surface area contributed by atoms with E-state index < -0.39 is 0 Å². The van der Waals surface area contributed by atoms with Gasteiger partial charge in [-0.1, -0.05) is 30.3 Å². The van der Waals surface area contributed by atoms with Crippen LogP contribution in [0.15, 0.2) is 60.8 Å². The highest BCUT2D eigenvalue weighted by molar-refractivity contribution is 5.55. The topological polar surface area (TPSA) is 35.9 Å². The Bertz CT molecular complexity index is 927. The molecule has 0 radical (unpaired) electrons. The third-order valence-electron chi connectivity index (χ3n) is 5.59. The predicted octanol–water partition coefficient (Wildman–Crippen LogP) is 4.51. The van der Waals surface area contributed by atoms with Crippen LogP contribution in [0.3, 0.4) is 0 Å². The van der Waals surface area contributed by atoms with E-state index in [1.807, 2.05) is 0 Å². The first kappa shape index (κ1) is 19.4. The second-order valence-corrected chi connectivity index (χ2v) is 7.30. The molecule has 5 heteroatoms. The molecule has 1 aliphatic heterocycles. The van der Waals surface area contributed by atoms with Gasteiger partial charge >= 0.3 is 0 Å². The average Bonchev–Trinajstić information content (AvgIpc) is 3.14. The van der Waals surface area contributed by atoms with Gasteiger partial charge in [0.05, 0.1) is 27.4 Å². The third-order valence-corrected chi connectivity index (χ3v) is 5.59. The number of benzene rings is 2. The van der Waals surface area contributed by atoms with E-state index in [1.54, 1.807) is 21.3 Å². The van der Waals surface area contributed by atoms with Gasteiger partial charge < -0.3 is 18.8 Å². The monoisotopic (exact) mass is 392 g/mol. The Morgan fingerprint density at radius 3 is 2.24 bits per heavy atom. The number of fused-ring (bicyclic) bond motifs is 1. The number of nitrogens with zero attached hydrogens (tertiary/aromatic N) is 2. The Morgan fingerprint density at radius 2 is 1.59 bits per heavy atom. The number of ether oxygens (including phenoxy) is 3. The molecule has 2 heterocycles. The Balaban J connectivity index is 1.82. The Labute approximate surface area is 172 Å². The molecule has 0 amide bonds. The maximum atomic E-state index is 5.63. The molecule has 0 unspecified atom stereocenters. The fraction of sp³-hybridized carbons (Fsp3) is 0.333. The van der Waals surface area contributed by atoms with Gasteiger partial charge in [0.1, 0.15) is 0 Å². The Morgan fingerprint density at radius 1 is 0.862 bits per heavy atom.